The summed E-state index contributed by atoms with van der Waals surface area (Å²) in [5.41, 5.74) is 0. The molecule has 1 atom stereocenters. The predicted molar refractivity (Wildman–Crippen MR) is 57.1 cm³/mol. The van der Waals surface area contributed by atoms with E-state index in [0.717, 1.165) is 5.82 Å². The maximum Gasteiger partial charge on any atom is 0.218 e. The van der Waals surface area contributed by atoms with E-state index in [1.165, 1.54) is 0 Å². The molecule has 0 aliphatic rings. The van der Waals surface area contributed by atoms with E-state index in [2.05, 4.69) is 15.3 Å². The third-order valence-electron chi connectivity index (χ3n) is 1.59. The summed E-state index contributed by atoms with van der Waals surface area (Å²) in [6.45, 7) is 4.40. The first kappa shape index (κ1) is 11.0. The Labute approximate surface area is 88.7 Å². The molecule has 0 spiro atoms. The molecule has 1 unspecified atom stereocenters. The molecule has 1 N–H and O–H groups in total. The van der Waals surface area contributed by atoms with Gasteiger partial charge in [-0.1, -0.05) is 0 Å². The number of alkyl halides is 1. The lowest BCUT2D eigenvalue weighted by molar-refractivity contribution is 0.396. The Kier molecular flexibility index (Phi) is 3.95. The lowest BCUT2D eigenvalue weighted by Crippen LogP contribution is -2.12. The number of ether oxygens (including phenoxy) is 1. The summed E-state index contributed by atoms with van der Waals surface area (Å²) in [4.78, 5) is 8.27. The van der Waals surface area contributed by atoms with Crippen LogP contribution in [0.1, 0.15) is 12.7 Å². The third kappa shape index (κ3) is 3.38. The van der Waals surface area contributed by atoms with Crippen LogP contribution in [0.2, 0.25) is 0 Å². The molecule has 1 rings (SSSR count). The third-order valence-corrected chi connectivity index (χ3v) is 1.74. The number of hydrogen-bond donors (Lipinski definition) is 1. The van der Waals surface area contributed by atoms with Crippen LogP contribution in [0, 0.1) is 6.92 Å². The maximum absolute atomic E-state index is 5.80. The Bertz CT molecular complexity index is 304. The van der Waals surface area contributed by atoms with Gasteiger partial charge in [0.15, 0.2) is 0 Å². The Morgan fingerprint density at radius 1 is 1.57 bits per heavy atom. The van der Waals surface area contributed by atoms with Gasteiger partial charge in [-0.05, 0) is 13.8 Å². The van der Waals surface area contributed by atoms with Gasteiger partial charge in [0, 0.05) is 18.0 Å². The van der Waals surface area contributed by atoms with E-state index in [1.54, 1.807) is 13.2 Å². The maximum atomic E-state index is 5.80. The summed E-state index contributed by atoms with van der Waals surface area (Å²) < 4.78 is 5.02. The second-order valence-electron chi connectivity index (χ2n) is 3.00. The molecule has 0 aliphatic heterocycles. The number of hydrogen-bond acceptors (Lipinski definition) is 4. The van der Waals surface area contributed by atoms with Crippen LogP contribution in [0.15, 0.2) is 6.07 Å². The molecule has 0 fully saturated rings. The van der Waals surface area contributed by atoms with E-state index in [0.29, 0.717) is 18.2 Å². The average molecular weight is 216 g/mol. The molecule has 0 aliphatic carbocycles. The van der Waals surface area contributed by atoms with Crippen molar-refractivity contribution in [3.8, 4) is 5.88 Å². The van der Waals surface area contributed by atoms with Crippen LogP contribution in [-0.4, -0.2) is 29.0 Å². The van der Waals surface area contributed by atoms with Gasteiger partial charge in [0.1, 0.15) is 11.6 Å². The first-order chi connectivity index (χ1) is 6.61. The van der Waals surface area contributed by atoms with Crippen molar-refractivity contribution in [2.45, 2.75) is 19.2 Å². The molecular formula is C9H14ClN3O. The predicted octanol–water partition coefficient (Wildman–Crippen LogP) is 1.83. The normalized spacial score (nSPS) is 12.3. The summed E-state index contributed by atoms with van der Waals surface area (Å²) in [6.07, 6.45) is 0. The minimum absolute atomic E-state index is 0.0660. The zero-order chi connectivity index (χ0) is 10.6. The van der Waals surface area contributed by atoms with Crippen LogP contribution in [0.3, 0.4) is 0 Å². The van der Waals surface area contributed by atoms with Crippen molar-refractivity contribution < 1.29 is 4.74 Å². The fourth-order valence-electron chi connectivity index (χ4n) is 0.981. The zero-order valence-electron chi connectivity index (χ0n) is 8.54. The van der Waals surface area contributed by atoms with Gasteiger partial charge in [-0.25, -0.2) is 4.98 Å². The van der Waals surface area contributed by atoms with Gasteiger partial charge >= 0.3 is 0 Å². The molecule has 4 nitrogen and oxygen atoms in total. The minimum Gasteiger partial charge on any atom is -0.481 e. The molecule has 14 heavy (non-hydrogen) atoms. The van der Waals surface area contributed by atoms with Gasteiger partial charge in [-0.15, -0.1) is 11.6 Å². The minimum atomic E-state index is 0.0660. The molecule has 0 radical (unpaired) electrons. The highest BCUT2D eigenvalue weighted by Crippen LogP contribution is 2.12. The molecule has 0 saturated carbocycles. The van der Waals surface area contributed by atoms with Crippen LogP contribution in [0.5, 0.6) is 5.88 Å². The quantitative estimate of drug-likeness (QED) is 0.779. The van der Waals surface area contributed by atoms with E-state index in [1.807, 2.05) is 13.8 Å². The van der Waals surface area contributed by atoms with E-state index < -0.39 is 0 Å². The van der Waals surface area contributed by atoms with Crippen LogP contribution in [0.25, 0.3) is 0 Å². The number of nitrogens with one attached hydrogen (secondary N) is 1. The Morgan fingerprint density at radius 3 is 2.86 bits per heavy atom. The molecule has 0 bridgehead atoms. The summed E-state index contributed by atoms with van der Waals surface area (Å²) in [5, 5.41) is 3.16. The first-order valence-corrected chi connectivity index (χ1v) is 4.83. The van der Waals surface area contributed by atoms with E-state index in [-0.39, 0.29) is 5.38 Å². The molecule has 0 saturated heterocycles. The van der Waals surface area contributed by atoms with E-state index in [9.17, 15) is 0 Å². The van der Waals surface area contributed by atoms with Crippen molar-refractivity contribution >= 4 is 17.4 Å². The van der Waals surface area contributed by atoms with Gasteiger partial charge < -0.3 is 10.1 Å². The number of aryl methyl sites for hydroxylation is 1. The smallest absolute Gasteiger partial charge is 0.218 e. The average Bonchev–Trinajstić information content (AvgIpc) is 2.14. The molecule has 5 heteroatoms. The Hall–Kier alpha value is -1.03. The summed E-state index contributed by atoms with van der Waals surface area (Å²) >= 11 is 5.80. The SMILES string of the molecule is COc1cc(NCC(C)Cl)nc(C)n1. The molecule has 1 aromatic heterocycles. The zero-order valence-corrected chi connectivity index (χ0v) is 9.30. The number of methoxy groups -OCH3 is 1. The lowest BCUT2D eigenvalue weighted by atomic mass is 10.4. The fraction of sp³-hybridized carbons (Fsp3) is 0.556. The number of anilines is 1. The standard InChI is InChI=1S/C9H14ClN3O/c1-6(10)5-11-8-4-9(14-3)13-7(2)12-8/h4,6H,5H2,1-3H3,(H,11,12,13). The topological polar surface area (TPSA) is 47.0 Å². The number of nitrogens with zero attached hydrogens (tertiary/aromatic N) is 2. The van der Waals surface area contributed by atoms with Gasteiger partial charge in [-0.3, -0.25) is 0 Å². The second kappa shape index (κ2) is 5.00. The van der Waals surface area contributed by atoms with Gasteiger partial charge in [0.05, 0.1) is 7.11 Å². The second-order valence-corrected chi connectivity index (χ2v) is 3.75. The van der Waals surface area contributed by atoms with Crippen molar-refractivity contribution in [1.82, 2.24) is 9.97 Å². The summed E-state index contributed by atoms with van der Waals surface area (Å²) in [5.74, 6) is 1.97. The molecule has 1 aromatic rings. The summed E-state index contributed by atoms with van der Waals surface area (Å²) in [6, 6.07) is 1.74. The van der Waals surface area contributed by atoms with Crippen molar-refractivity contribution in [3.05, 3.63) is 11.9 Å². The Balaban J connectivity index is 2.71. The highest BCUT2D eigenvalue weighted by molar-refractivity contribution is 6.20. The van der Waals surface area contributed by atoms with Crippen LogP contribution < -0.4 is 10.1 Å². The highest BCUT2D eigenvalue weighted by Gasteiger charge is 2.02. The molecule has 1 heterocycles. The lowest BCUT2D eigenvalue weighted by Gasteiger charge is -2.08. The first-order valence-electron chi connectivity index (χ1n) is 4.39. The number of rotatable bonds is 4. The van der Waals surface area contributed by atoms with Crippen molar-refractivity contribution in [1.29, 1.82) is 0 Å². The van der Waals surface area contributed by atoms with Crippen molar-refractivity contribution in [2.75, 3.05) is 19.0 Å². The molecule has 78 valence electrons. The monoisotopic (exact) mass is 215 g/mol. The van der Waals surface area contributed by atoms with Crippen LogP contribution >= 0.6 is 11.6 Å². The number of halogens is 1. The van der Waals surface area contributed by atoms with E-state index >= 15 is 0 Å². The number of aromatic nitrogens is 2. The van der Waals surface area contributed by atoms with Crippen molar-refractivity contribution in [3.63, 3.8) is 0 Å². The Morgan fingerprint density at radius 2 is 2.29 bits per heavy atom. The van der Waals surface area contributed by atoms with Crippen LogP contribution in [-0.2, 0) is 0 Å². The largest absolute Gasteiger partial charge is 0.481 e. The van der Waals surface area contributed by atoms with Gasteiger partial charge in [-0.2, -0.15) is 4.98 Å². The highest BCUT2D eigenvalue weighted by atomic mass is 35.5. The van der Waals surface area contributed by atoms with Gasteiger partial charge in [0.2, 0.25) is 5.88 Å². The van der Waals surface area contributed by atoms with Crippen LogP contribution in [0.4, 0.5) is 5.82 Å². The molecular weight excluding hydrogens is 202 g/mol. The van der Waals surface area contributed by atoms with Gasteiger partial charge in [0.25, 0.3) is 0 Å². The summed E-state index contributed by atoms with van der Waals surface area (Å²) in [7, 11) is 1.58. The van der Waals surface area contributed by atoms with E-state index in [4.69, 9.17) is 16.3 Å². The fourth-order valence-corrected chi connectivity index (χ4v) is 1.06. The molecule has 0 amide bonds. The van der Waals surface area contributed by atoms with Crippen molar-refractivity contribution in [2.24, 2.45) is 0 Å². The molecule has 0 aromatic carbocycles.